The van der Waals surface area contributed by atoms with Gasteiger partial charge < -0.3 is 10.1 Å². The number of nitrogens with zero attached hydrogens (tertiary/aromatic N) is 3. The van der Waals surface area contributed by atoms with Gasteiger partial charge >= 0.3 is 0 Å². The van der Waals surface area contributed by atoms with Crippen molar-refractivity contribution in [3.8, 4) is 5.88 Å². The molecule has 0 spiro atoms. The highest BCUT2D eigenvalue weighted by atomic mass is 32.2. The highest BCUT2D eigenvalue weighted by Gasteiger charge is 2.18. The van der Waals surface area contributed by atoms with Crippen molar-refractivity contribution in [3.63, 3.8) is 0 Å². The summed E-state index contributed by atoms with van der Waals surface area (Å²) in [4.78, 5) is 17.0. The maximum absolute atomic E-state index is 12.5. The number of carbonyl (C=O) groups is 1. The lowest BCUT2D eigenvalue weighted by Gasteiger charge is -2.21. The third kappa shape index (κ3) is 4.53. The molecular weight excluding hydrogens is 404 g/mol. The van der Waals surface area contributed by atoms with Gasteiger partial charge in [0.05, 0.1) is 9.97 Å². The molecule has 0 saturated carbocycles. The predicted octanol–water partition coefficient (Wildman–Crippen LogP) is 4.47. The standard InChI is InChI=1S/C21H24N4O2S2/c1-13-10-14(2)22-19-18(13)20(24-25(19)3)27-12-17(26)23-16-7-4-6-15(11-16)21-28-8-5-9-29-21/h4,6-7,10-11,21H,5,8-9,12H2,1-3H3,(H,23,26). The molecule has 1 aromatic carbocycles. The fourth-order valence-electron chi connectivity index (χ4n) is 3.42. The van der Waals surface area contributed by atoms with Gasteiger partial charge in [-0.05, 0) is 61.1 Å². The minimum absolute atomic E-state index is 0.101. The predicted molar refractivity (Wildman–Crippen MR) is 121 cm³/mol. The molecule has 3 heterocycles. The van der Waals surface area contributed by atoms with Crippen molar-refractivity contribution >= 4 is 46.2 Å². The van der Waals surface area contributed by atoms with Crippen LogP contribution in [0.4, 0.5) is 5.69 Å². The first kappa shape index (κ1) is 20.1. The number of pyridine rings is 1. The van der Waals surface area contributed by atoms with Crippen LogP contribution in [0.5, 0.6) is 5.88 Å². The van der Waals surface area contributed by atoms with E-state index in [1.807, 2.05) is 62.6 Å². The lowest BCUT2D eigenvalue weighted by atomic mass is 10.2. The largest absolute Gasteiger partial charge is 0.466 e. The number of rotatable bonds is 5. The lowest BCUT2D eigenvalue weighted by molar-refractivity contribution is -0.118. The van der Waals surface area contributed by atoms with E-state index in [1.165, 1.54) is 23.5 Å². The molecule has 1 N–H and O–H groups in total. The molecular formula is C21H24N4O2S2. The van der Waals surface area contributed by atoms with Crippen molar-refractivity contribution in [2.24, 2.45) is 7.05 Å². The van der Waals surface area contributed by atoms with E-state index in [0.717, 1.165) is 28.0 Å². The number of nitrogens with one attached hydrogen (secondary N) is 1. The smallest absolute Gasteiger partial charge is 0.262 e. The van der Waals surface area contributed by atoms with Crippen LogP contribution in [0.1, 0.15) is 27.8 Å². The first-order valence-electron chi connectivity index (χ1n) is 9.58. The quantitative estimate of drug-likeness (QED) is 0.647. The normalized spacial score (nSPS) is 14.9. The van der Waals surface area contributed by atoms with E-state index in [1.54, 1.807) is 4.68 Å². The Morgan fingerprint density at radius 1 is 1.28 bits per heavy atom. The summed E-state index contributed by atoms with van der Waals surface area (Å²) in [6.07, 6.45) is 1.26. The summed E-state index contributed by atoms with van der Waals surface area (Å²) in [7, 11) is 1.83. The molecule has 1 amide bonds. The minimum Gasteiger partial charge on any atom is -0.466 e. The van der Waals surface area contributed by atoms with Crippen LogP contribution in [0.25, 0.3) is 11.0 Å². The summed E-state index contributed by atoms with van der Waals surface area (Å²) in [5.41, 5.74) is 4.75. The maximum Gasteiger partial charge on any atom is 0.262 e. The minimum atomic E-state index is -0.206. The number of fused-ring (bicyclic) bond motifs is 1. The molecule has 0 bridgehead atoms. The number of hydrogen-bond acceptors (Lipinski definition) is 6. The number of aryl methyl sites for hydroxylation is 3. The molecule has 0 unspecified atom stereocenters. The van der Waals surface area contributed by atoms with Gasteiger partial charge in [-0.1, -0.05) is 12.1 Å². The van der Waals surface area contributed by atoms with Gasteiger partial charge in [0, 0.05) is 18.4 Å². The fourth-order valence-corrected chi connectivity index (χ4v) is 6.30. The van der Waals surface area contributed by atoms with Crippen LogP contribution < -0.4 is 10.1 Å². The number of hydrogen-bond donors (Lipinski definition) is 1. The Labute approximate surface area is 178 Å². The van der Waals surface area contributed by atoms with Crippen LogP contribution in [0, 0.1) is 13.8 Å². The van der Waals surface area contributed by atoms with Crippen LogP contribution in [0.3, 0.4) is 0 Å². The summed E-state index contributed by atoms with van der Waals surface area (Å²) in [6.45, 7) is 3.85. The third-order valence-electron chi connectivity index (χ3n) is 4.70. The average molecular weight is 429 g/mol. The summed E-state index contributed by atoms with van der Waals surface area (Å²) < 4.78 is 7.88. The Kier molecular flexibility index (Phi) is 6.01. The first-order valence-corrected chi connectivity index (χ1v) is 11.7. The summed E-state index contributed by atoms with van der Waals surface area (Å²) in [5, 5.41) is 8.18. The van der Waals surface area contributed by atoms with Crippen molar-refractivity contribution in [1.29, 1.82) is 0 Å². The SMILES string of the molecule is Cc1cc(C)c2c(OCC(=O)Nc3cccc(C4SCCCS4)c3)nn(C)c2n1. The molecule has 3 aromatic rings. The van der Waals surface area contributed by atoms with E-state index >= 15 is 0 Å². The number of amides is 1. The highest BCUT2D eigenvalue weighted by molar-refractivity contribution is 8.16. The summed E-state index contributed by atoms with van der Waals surface area (Å²) >= 11 is 3.93. The lowest BCUT2D eigenvalue weighted by Crippen LogP contribution is -2.20. The van der Waals surface area contributed by atoms with Crippen molar-refractivity contribution in [1.82, 2.24) is 14.8 Å². The molecule has 0 atom stereocenters. The third-order valence-corrected chi connectivity index (χ3v) is 7.71. The van der Waals surface area contributed by atoms with Crippen LogP contribution in [-0.2, 0) is 11.8 Å². The highest BCUT2D eigenvalue weighted by Crippen LogP contribution is 2.44. The molecule has 4 rings (SSSR count). The molecule has 8 heteroatoms. The van der Waals surface area contributed by atoms with Crippen LogP contribution >= 0.6 is 23.5 Å². The van der Waals surface area contributed by atoms with E-state index in [-0.39, 0.29) is 12.5 Å². The zero-order valence-corrected chi connectivity index (χ0v) is 18.4. The molecule has 0 aliphatic carbocycles. The number of aromatic nitrogens is 3. The van der Waals surface area contributed by atoms with E-state index in [2.05, 4.69) is 27.5 Å². The van der Waals surface area contributed by atoms with Gasteiger partial charge in [0.1, 0.15) is 0 Å². The van der Waals surface area contributed by atoms with Gasteiger partial charge in [-0.2, -0.15) is 0 Å². The molecule has 1 saturated heterocycles. The Bertz CT molecular complexity index is 1040. The van der Waals surface area contributed by atoms with Gasteiger partial charge in [0.2, 0.25) is 5.88 Å². The molecule has 6 nitrogen and oxygen atoms in total. The Morgan fingerprint density at radius 3 is 2.86 bits per heavy atom. The maximum atomic E-state index is 12.5. The monoisotopic (exact) mass is 428 g/mol. The van der Waals surface area contributed by atoms with Gasteiger partial charge in [-0.25, -0.2) is 9.67 Å². The van der Waals surface area contributed by atoms with Crippen molar-refractivity contribution in [2.75, 3.05) is 23.4 Å². The van der Waals surface area contributed by atoms with Crippen LogP contribution in [0.2, 0.25) is 0 Å². The first-order chi connectivity index (χ1) is 14.0. The average Bonchev–Trinajstić information content (AvgIpc) is 3.03. The molecule has 152 valence electrons. The zero-order valence-electron chi connectivity index (χ0n) is 16.8. The second kappa shape index (κ2) is 8.67. The molecule has 1 fully saturated rings. The Balaban J connectivity index is 1.43. The Morgan fingerprint density at radius 2 is 2.07 bits per heavy atom. The van der Waals surface area contributed by atoms with Crippen molar-refractivity contribution in [2.45, 2.75) is 24.9 Å². The number of ether oxygens (including phenoxy) is 1. The Hall–Kier alpha value is -2.19. The topological polar surface area (TPSA) is 69.0 Å². The molecule has 1 aliphatic rings. The van der Waals surface area contributed by atoms with Crippen LogP contribution in [0.15, 0.2) is 30.3 Å². The van der Waals surface area contributed by atoms with E-state index in [9.17, 15) is 4.79 Å². The second-order valence-electron chi connectivity index (χ2n) is 7.10. The van der Waals surface area contributed by atoms with Gasteiger partial charge in [-0.3, -0.25) is 4.79 Å². The number of benzene rings is 1. The summed E-state index contributed by atoms with van der Waals surface area (Å²) in [5.74, 6) is 2.61. The van der Waals surface area contributed by atoms with E-state index < -0.39 is 0 Å². The van der Waals surface area contributed by atoms with E-state index in [0.29, 0.717) is 10.5 Å². The number of anilines is 1. The van der Waals surface area contributed by atoms with Crippen molar-refractivity contribution < 1.29 is 9.53 Å². The number of thioether (sulfide) groups is 2. The van der Waals surface area contributed by atoms with Gasteiger partial charge in [-0.15, -0.1) is 28.6 Å². The van der Waals surface area contributed by atoms with Crippen molar-refractivity contribution in [3.05, 3.63) is 47.2 Å². The zero-order chi connectivity index (χ0) is 20.4. The van der Waals surface area contributed by atoms with Gasteiger partial charge in [0.15, 0.2) is 12.3 Å². The second-order valence-corrected chi connectivity index (χ2v) is 9.82. The molecule has 0 radical (unpaired) electrons. The summed E-state index contributed by atoms with van der Waals surface area (Å²) in [6, 6.07) is 10.1. The molecule has 2 aromatic heterocycles. The number of carbonyl (C=O) groups excluding carboxylic acids is 1. The fraction of sp³-hybridized carbons (Fsp3) is 0.381. The molecule has 1 aliphatic heterocycles. The van der Waals surface area contributed by atoms with E-state index in [4.69, 9.17) is 4.74 Å². The van der Waals surface area contributed by atoms with Gasteiger partial charge in [0.25, 0.3) is 5.91 Å². The molecule has 29 heavy (non-hydrogen) atoms. The van der Waals surface area contributed by atoms with Crippen LogP contribution in [-0.4, -0.2) is 38.8 Å².